The number of rotatable bonds is 4. The van der Waals surface area contributed by atoms with Gasteiger partial charge in [0.15, 0.2) is 0 Å². The molecule has 0 aliphatic carbocycles. The second-order valence-corrected chi connectivity index (χ2v) is 8.76. The molecule has 244 valence electrons. The first-order chi connectivity index (χ1) is 18.7. The van der Waals surface area contributed by atoms with Gasteiger partial charge >= 0.3 is 37.1 Å². The minimum atomic E-state index is -7.05. The summed E-state index contributed by atoms with van der Waals surface area (Å²) in [5, 5.41) is 19.2. The smallest absolute Gasteiger partial charge is 0.398 e. The minimum absolute atomic E-state index is 0.390. The number of anilines is 2. The molecule has 0 unspecified atom stereocenters. The van der Waals surface area contributed by atoms with E-state index in [1.807, 2.05) is 0 Å². The van der Waals surface area contributed by atoms with Crippen LogP contribution >= 0.6 is 0 Å². The molecular formula is C21H12F18N2O2. The molecule has 0 heterocycles. The molecule has 2 aromatic rings. The average Bonchev–Trinajstić information content (AvgIpc) is 2.75. The van der Waals surface area contributed by atoms with Gasteiger partial charge in [0, 0.05) is 22.5 Å². The molecule has 2 aromatic carbocycles. The second kappa shape index (κ2) is 9.86. The summed E-state index contributed by atoms with van der Waals surface area (Å²) in [5.41, 5.74) is -23.6. The van der Waals surface area contributed by atoms with E-state index in [-0.39, 0.29) is 12.1 Å². The summed E-state index contributed by atoms with van der Waals surface area (Å²) in [4.78, 5) is 0. The maximum atomic E-state index is 14.4. The van der Waals surface area contributed by atoms with E-state index < -0.39 is 112 Å². The van der Waals surface area contributed by atoms with Gasteiger partial charge in [-0.25, -0.2) is 0 Å². The monoisotopic (exact) mass is 666 g/mol. The highest BCUT2D eigenvalue weighted by Gasteiger charge is 2.76. The highest BCUT2D eigenvalue weighted by Crippen LogP contribution is 2.60. The number of aliphatic hydroxyl groups is 2. The van der Waals surface area contributed by atoms with E-state index in [1.54, 1.807) is 0 Å². The largest absolute Gasteiger partial charge is 0.430 e. The van der Waals surface area contributed by atoms with E-state index in [1.165, 1.54) is 0 Å². The number of nitrogens with two attached hydrogens (primary N) is 2. The molecule has 0 fully saturated rings. The van der Waals surface area contributed by atoms with Crippen molar-refractivity contribution < 1.29 is 89.2 Å². The summed E-state index contributed by atoms with van der Waals surface area (Å²) in [5.74, 6) is 0. The number of hydrogen-bond acceptors (Lipinski definition) is 4. The zero-order valence-electron chi connectivity index (χ0n) is 19.8. The van der Waals surface area contributed by atoms with Crippen molar-refractivity contribution in [3.8, 4) is 0 Å². The first-order valence-electron chi connectivity index (χ1n) is 10.4. The van der Waals surface area contributed by atoms with E-state index in [0.29, 0.717) is 0 Å². The lowest BCUT2D eigenvalue weighted by Crippen LogP contribution is -2.57. The molecule has 6 N–H and O–H groups in total. The first-order valence-corrected chi connectivity index (χ1v) is 10.4. The van der Waals surface area contributed by atoms with Crippen LogP contribution in [0.4, 0.5) is 90.4 Å². The quantitative estimate of drug-likeness (QED) is 0.212. The van der Waals surface area contributed by atoms with Crippen LogP contribution in [0.15, 0.2) is 36.4 Å². The van der Waals surface area contributed by atoms with Gasteiger partial charge in [-0.1, -0.05) is 12.1 Å². The predicted molar refractivity (Wildman–Crippen MR) is 107 cm³/mol. The van der Waals surface area contributed by atoms with Crippen molar-refractivity contribution in [2.45, 2.75) is 53.7 Å². The molecule has 43 heavy (non-hydrogen) atoms. The number of benzene rings is 2. The molecule has 0 spiro atoms. The zero-order chi connectivity index (χ0) is 34.2. The van der Waals surface area contributed by atoms with Crippen molar-refractivity contribution in [2.75, 3.05) is 11.5 Å². The van der Waals surface area contributed by atoms with Crippen molar-refractivity contribution >= 4 is 11.4 Å². The lowest BCUT2D eigenvalue weighted by Gasteiger charge is -2.41. The maximum Gasteiger partial charge on any atom is 0.430 e. The van der Waals surface area contributed by atoms with Gasteiger partial charge in [0.25, 0.3) is 11.2 Å². The van der Waals surface area contributed by atoms with Crippen molar-refractivity contribution in [1.29, 1.82) is 0 Å². The van der Waals surface area contributed by atoms with Gasteiger partial charge in [-0.2, -0.15) is 79.0 Å². The maximum absolute atomic E-state index is 14.4. The lowest BCUT2D eigenvalue weighted by molar-refractivity contribution is -0.376. The van der Waals surface area contributed by atoms with Gasteiger partial charge < -0.3 is 21.7 Å². The fourth-order valence-electron chi connectivity index (χ4n) is 4.12. The third kappa shape index (κ3) is 5.14. The third-order valence-corrected chi connectivity index (χ3v) is 6.24. The van der Waals surface area contributed by atoms with Crippen molar-refractivity contribution in [1.82, 2.24) is 0 Å². The first kappa shape index (κ1) is 35.9. The van der Waals surface area contributed by atoms with E-state index >= 15 is 0 Å². The Bertz CT molecular complexity index is 1220. The molecule has 0 aliphatic rings. The molecule has 22 heteroatoms. The molecule has 0 saturated carbocycles. The number of alkyl halides is 18. The summed E-state index contributed by atoms with van der Waals surface area (Å²) in [6, 6.07) is -4.07. The Labute approximate surface area is 225 Å². The van der Waals surface area contributed by atoms with Crippen molar-refractivity contribution in [3.05, 3.63) is 58.7 Å². The number of nitrogen functional groups attached to an aromatic ring is 2. The molecule has 0 aliphatic heterocycles. The number of hydrogen-bond donors (Lipinski definition) is 4. The Kier molecular flexibility index (Phi) is 8.23. The van der Waals surface area contributed by atoms with Gasteiger partial charge in [-0.05, 0) is 35.4 Å². The van der Waals surface area contributed by atoms with E-state index in [4.69, 9.17) is 11.5 Å². The van der Waals surface area contributed by atoms with Crippen LogP contribution in [0, 0.1) is 0 Å². The standard InChI is InChI=1S/C21H12F18N2O2/c22-16(23,24)13(17(25,26)27,7-1-3-11(40)9(5-7)14(42,18(28,29)30)19(31,32)33)8-2-4-12(41)10(6-8)15(43,20(34,35)36)21(37,38)39/h1-6,42-43H,40-41H2. The van der Waals surface area contributed by atoms with Gasteiger partial charge in [0.1, 0.15) is 0 Å². The van der Waals surface area contributed by atoms with Crippen LogP contribution in [0.3, 0.4) is 0 Å². The topological polar surface area (TPSA) is 92.5 Å². The number of halogens is 18. The predicted octanol–water partition coefficient (Wildman–Crippen LogP) is 6.89. The summed E-state index contributed by atoms with van der Waals surface area (Å²) >= 11 is 0. The van der Waals surface area contributed by atoms with Gasteiger partial charge in [-0.3, -0.25) is 0 Å². The van der Waals surface area contributed by atoms with Crippen LogP contribution < -0.4 is 11.5 Å². The molecule has 0 amide bonds. The van der Waals surface area contributed by atoms with Crippen LogP contribution in [-0.2, 0) is 16.6 Å². The summed E-state index contributed by atoms with van der Waals surface area (Å²) in [6.45, 7) is 0. The van der Waals surface area contributed by atoms with Crippen LogP contribution in [0.2, 0.25) is 0 Å². The highest BCUT2D eigenvalue weighted by molar-refractivity contribution is 5.60. The van der Waals surface area contributed by atoms with Gasteiger partial charge in [0.05, 0.1) is 0 Å². The van der Waals surface area contributed by atoms with Crippen LogP contribution in [0.25, 0.3) is 0 Å². The summed E-state index contributed by atoms with van der Waals surface area (Å²) in [6.07, 6.45) is -41.8. The van der Waals surface area contributed by atoms with Crippen molar-refractivity contribution in [3.63, 3.8) is 0 Å². The van der Waals surface area contributed by atoms with E-state index in [2.05, 4.69) is 0 Å². The Balaban J connectivity index is 3.27. The fourth-order valence-corrected chi connectivity index (χ4v) is 4.12. The second-order valence-electron chi connectivity index (χ2n) is 8.76. The molecule has 0 aromatic heterocycles. The van der Waals surface area contributed by atoms with E-state index in [0.717, 1.165) is 0 Å². The minimum Gasteiger partial charge on any atom is -0.398 e. The zero-order valence-corrected chi connectivity index (χ0v) is 19.8. The highest BCUT2D eigenvalue weighted by atomic mass is 19.4. The molecular weight excluding hydrogens is 654 g/mol. The molecule has 0 atom stereocenters. The molecule has 0 bridgehead atoms. The molecule has 0 saturated heterocycles. The summed E-state index contributed by atoms with van der Waals surface area (Å²) < 4.78 is 248. The Hall–Kier alpha value is -3.30. The molecule has 0 radical (unpaired) electrons. The van der Waals surface area contributed by atoms with E-state index in [9.17, 15) is 89.2 Å². The van der Waals surface area contributed by atoms with Crippen LogP contribution in [-0.4, -0.2) is 47.3 Å². The van der Waals surface area contributed by atoms with Crippen LogP contribution in [0.1, 0.15) is 22.3 Å². The van der Waals surface area contributed by atoms with Crippen LogP contribution in [0.5, 0.6) is 0 Å². The third-order valence-electron chi connectivity index (χ3n) is 6.24. The summed E-state index contributed by atoms with van der Waals surface area (Å²) in [7, 11) is 0. The molecule has 2 rings (SSSR count). The normalized spacial score (nSPS) is 15.2. The van der Waals surface area contributed by atoms with Gasteiger partial charge in [0.2, 0.25) is 5.41 Å². The lowest BCUT2D eigenvalue weighted by atomic mass is 9.70. The average molecular weight is 666 g/mol. The Morgan fingerprint density at radius 1 is 0.395 bits per heavy atom. The molecule has 4 nitrogen and oxygen atoms in total. The fraction of sp³-hybridized carbons (Fsp3) is 0.429. The van der Waals surface area contributed by atoms with Crippen molar-refractivity contribution in [2.24, 2.45) is 0 Å². The van der Waals surface area contributed by atoms with Gasteiger partial charge in [-0.15, -0.1) is 0 Å². The Morgan fingerprint density at radius 3 is 0.814 bits per heavy atom. The Morgan fingerprint density at radius 2 is 0.628 bits per heavy atom. The SMILES string of the molecule is Nc1ccc(C(c2ccc(N)c(C(O)(C(F)(F)F)C(F)(F)F)c2)(C(F)(F)F)C(F)(F)F)cc1C(O)(C(F)(F)F)C(F)(F)F.